The van der Waals surface area contributed by atoms with Crippen LogP contribution in [0.15, 0.2) is 18.2 Å². The predicted molar refractivity (Wildman–Crippen MR) is 77.6 cm³/mol. The molecule has 1 aromatic carbocycles. The predicted octanol–water partition coefficient (Wildman–Crippen LogP) is 3.35. The lowest BCUT2D eigenvalue weighted by atomic mass is 9.91. The third-order valence-electron chi connectivity index (χ3n) is 4.32. The van der Waals surface area contributed by atoms with Gasteiger partial charge in [0.15, 0.2) is 11.6 Å². The number of halogens is 2. The Balaban J connectivity index is 1.95. The third-order valence-corrected chi connectivity index (χ3v) is 4.32. The normalized spacial score (nSPS) is 23.6. The fourth-order valence-corrected chi connectivity index (χ4v) is 3.02. The minimum absolute atomic E-state index is 0.0207. The Kier molecular flexibility index (Phi) is 5.11. The molecule has 0 aliphatic carbocycles. The largest absolute Gasteiger partial charge is 0.307 e. The molecule has 3 atom stereocenters. The fraction of sp³-hybridized carbons (Fsp3) is 0.625. The quantitative estimate of drug-likeness (QED) is 0.911. The molecule has 0 saturated carbocycles. The molecule has 0 amide bonds. The van der Waals surface area contributed by atoms with E-state index in [1.54, 1.807) is 6.07 Å². The van der Waals surface area contributed by atoms with Crippen molar-refractivity contribution in [1.29, 1.82) is 0 Å². The first-order chi connectivity index (χ1) is 9.47. The van der Waals surface area contributed by atoms with Crippen LogP contribution in [0.2, 0.25) is 0 Å². The first-order valence-corrected chi connectivity index (χ1v) is 7.37. The monoisotopic (exact) mass is 282 g/mol. The van der Waals surface area contributed by atoms with Crippen molar-refractivity contribution in [2.75, 3.05) is 20.1 Å². The van der Waals surface area contributed by atoms with Gasteiger partial charge in [-0.15, -0.1) is 0 Å². The maximum absolute atomic E-state index is 13.3. The van der Waals surface area contributed by atoms with Gasteiger partial charge >= 0.3 is 0 Å². The zero-order valence-corrected chi connectivity index (χ0v) is 12.5. The SMILES string of the molecule is CC(NC(C)C1CCCN(C)C1)c1ccc(F)c(F)c1. The minimum Gasteiger partial charge on any atom is -0.307 e. The smallest absolute Gasteiger partial charge is 0.159 e. The van der Waals surface area contributed by atoms with Gasteiger partial charge in [0.1, 0.15) is 0 Å². The number of hydrogen-bond donors (Lipinski definition) is 1. The van der Waals surface area contributed by atoms with Crippen LogP contribution in [0.5, 0.6) is 0 Å². The number of piperidine rings is 1. The van der Waals surface area contributed by atoms with E-state index in [1.807, 2.05) is 6.92 Å². The Labute approximate surface area is 120 Å². The highest BCUT2D eigenvalue weighted by molar-refractivity contribution is 5.20. The number of benzene rings is 1. The van der Waals surface area contributed by atoms with Crippen LogP contribution in [0.1, 0.15) is 38.3 Å². The average Bonchev–Trinajstić information content (AvgIpc) is 2.41. The van der Waals surface area contributed by atoms with Crippen LogP contribution in [-0.4, -0.2) is 31.1 Å². The Morgan fingerprint density at radius 1 is 1.25 bits per heavy atom. The number of rotatable bonds is 4. The van der Waals surface area contributed by atoms with Crippen LogP contribution in [0.25, 0.3) is 0 Å². The third kappa shape index (κ3) is 3.76. The van der Waals surface area contributed by atoms with Gasteiger partial charge in [0.25, 0.3) is 0 Å². The van der Waals surface area contributed by atoms with Crippen molar-refractivity contribution in [2.24, 2.45) is 5.92 Å². The molecule has 1 aromatic rings. The van der Waals surface area contributed by atoms with Crippen LogP contribution < -0.4 is 5.32 Å². The summed E-state index contributed by atoms with van der Waals surface area (Å²) >= 11 is 0. The molecule has 1 saturated heterocycles. The molecule has 1 heterocycles. The number of hydrogen-bond acceptors (Lipinski definition) is 2. The second kappa shape index (κ2) is 6.64. The second-order valence-electron chi connectivity index (χ2n) is 6.02. The van der Waals surface area contributed by atoms with E-state index < -0.39 is 11.6 Å². The van der Waals surface area contributed by atoms with Crippen molar-refractivity contribution in [3.63, 3.8) is 0 Å². The van der Waals surface area contributed by atoms with Gasteiger partial charge in [0, 0.05) is 18.6 Å². The van der Waals surface area contributed by atoms with E-state index in [-0.39, 0.29) is 6.04 Å². The molecule has 20 heavy (non-hydrogen) atoms. The maximum atomic E-state index is 13.3. The molecule has 2 rings (SSSR count). The van der Waals surface area contributed by atoms with Crippen LogP contribution in [0.3, 0.4) is 0 Å². The molecule has 1 aliphatic heterocycles. The number of likely N-dealkylation sites (tertiary alicyclic amines) is 1. The van der Waals surface area contributed by atoms with Crippen molar-refractivity contribution < 1.29 is 8.78 Å². The fourth-order valence-electron chi connectivity index (χ4n) is 3.02. The topological polar surface area (TPSA) is 15.3 Å². The number of nitrogens with one attached hydrogen (secondary N) is 1. The van der Waals surface area contributed by atoms with Gasteiger partial charge in [-0.05, 0) is 63.9 Å². The molecule has 0 aromatic heterocycles. The van der Waals surface area contributed by atoms with E-state index in [4.69, 9.17) is 0 Å². The molecule has 1 N–H and O–H groups in total. The van der Waals surface area contributed by atoms with Crippen LogP contribution in [-0.2, 0) is 0 Å². The Hall–Kier alpha value is -1.00. The average molecular weight is 282 g/mol. The lowest BCUT2D eigenvalue weighted by Crippen LogP contribution is -2.43. The summed E-state index contributed by atoms with van der Waals surface area (Å²) in [4.78, 5) is 2.36. The first-order valence-electron chi connectivity index (χ1n) is 7.37. The van der Waals surface area contributed by atoms with Gasteiger partial charge in [-0.25, -0.2) is 8.78 Å². The highest BCUT2D eigenvalue weighted by atomic mass is 19.2. The van der Waals surface area contributed by atoms with Gasteiger partial charge in [0.2, 0.25) is 0 Å². The van der Waals surface area contributed by atoms with Crippen LogP contribution in [0, 0.1) is 17.6 Å². The van der Waals surface area contributed by atoms with Crippen molar-refractivity contribution >= 4 is 0 Å². The van der Waals surface area contributed by atoms with E-state index in [9.17, 15) is 8.78 Å². The van der Waals surface area contributed by atoms with Crippen molar-refractivity contribution in [3.8, 4) is 0 Å². The summed E-state index contributed by atoms with van der Waals surface area (Å²) in [6.45, 7) is 6.44. The zero-order chi connectivity index (χ0) is 14.7. The molecule has 0 bridgehead atoms. The Morgan fingerprint density at radius 3 is 2.65 bits per heavy atom. The maximum Gasteiger partial charge on any atom is 0.159 e. The van der Waals surface area contributed by atoms with Crippen molar-refractivity contribution in [2.45, 2.75) is 38.8 Å². The summed E-state index contributed by atoms with van der Waals surface area (Å²) < 4.78 is 26.2. The molecular formula is C16H24F2N2. The molecule has 0 spiro atoms. The standard InChI is InChI=1S/C16H24F2N2/c1-11(13-6-7-15(17)16(18)9-13)19-12(2)14-5-4-8-20(3)10-14/h6-7,9,11-12,14,19H,4-5,8,10H2,1-3H3. The van der Waals surface area contributed by atoms with Crippen molar-refractivity contribution in [3.05, 3.63) is 35.4 Å². The lowest BCUT2D eigenvalue weighted by molar-refractivity contribution is 0.174. The molecule has 1 aliphatic rings. The van der Waals surface area contributed by atoms with Gasteiger partial charge in [-0.2, -0.15) is 0 Å². The molecule has 112 valence electrons. The van der Waals surface area contributed by atoms with Gasteiger partial charge < -0.3 is 10.2 Å². The van der Waals surface area contributed by atoms with Gasteiger partial charge in [0.05, 0.1) is 0 Å². The summed E-state index contributed by atoms with van der Waals surface area (Å²) in [7, 11) is 2.15. The first kappa shape index (κ1) is 15.4. The Morgan fingerprint density at radius 2 is 2.00 bits per heavy atom. The van der Waals surface area contributed by atoms with Crippen LogP contribution in [0.4, 0.5) is 8.78 Å². The summed E-state index contributed by atoms with van der Waals surface area (Å²) in [5.74, 6) is -0.953. The van der Waals surface area contributed by atoms with Crippen molar-refractivity contribution in [1.82, 2.24) is 10.2 Å². The van der Waals surface area contributed by atoms with E-state index in [2.05, 4.69) is 24.2 Å². The Bertz CT molecular complexity index is 450. The molecule has 3 unspecified atom stereocenters. The van der Waals surface area contributed by atoms with Gasteiger partial charge in [-0.3, -0.25) is 0 Å². The highest BCUT2D eigenvalue weighted by Crippen LogP contribution is 2.22. The molecule has 2 nitrogen and oxygen atoms in total. The lowest BCUT2D eigenvalue weighted by Gasteiger charge is -2.35. The summed E-state index contributed by atoms with van der Waals surface area (Å²) in [6, 6.07) is 4.51. The minimum atomic E-state index is -0.789. The molecule has 1 fully saturated rings. The molecule has 4 heteroatoms. The summed E-state index contributed by atoms with van der Waals surface area (Å²) in [6.07, 6.45) is 2.45. The molecular weight excluding hydrogens is 258 g/mol. The molecule has 0 radical (unpaired) electrons. The van der Waals surface area contributed by atoms with E-state index in [0.717, 1.165) is 12.1 Å². The van der Waals surface area contributed by atoms with E-state index in [1.165, 1.54) is 31.5 Å². The zero-order valence-electron chi connectivity index (χ0n) is 12.5. The number of nitrogens with zero attached hydrogens (tertiary/aromatic N) is 1. The van der Waals surface area contributed by atoms with Gasteiger partial charge in [-0.1, -0.05) is 6.07 Å². The van der Waals surface area contributed by atoms with E-state index >= 15 is 0 Å². The van der Waals surface area contributed by atoms with E-state index in [0.29, 0.717) is 12.0 Å². The summed E-state index contributed by atoms with van der Waals surface area (Å²) in [5.41, 5.74) is 0.792. The second-order valence-corrected chi connectivity index (χ2v) is 6.02. The van der Waals surface area contributed by atoms with Crippen LogP contribution >= 0.6 is 0 Å². The highest BCUT2D eigenvalue weighted by Gasteiger charge is 2.24. The summed E-state index contributed by atoms with van der Waals surface area (Å²) in [5, 5.41) is 3.52.